The van der Waals surface area contributed by atoms with Gasteiger partial charge in [-0.25, -0.2) is 4.39 Å². The summed E-state index contributed by atoms with van der Waals surface area (Å²) in [4.78, 5) is 34.6. The molecule has 0 amide bonds. The largest absolute Gasteiger partial charge is 0.384 e. The van der Waals surface area contributed by atoms with Gasteiger partial charge in [0, 0.05) is 29.7 Å². The van der Waals surface area contributed by atoms with E-state index in [0.29, 0.717) is 45.7 Å². The second-order valence-corrected chi connectivity index (χ2v) is 7.48. The zero-order chi connectivity index (χ0) is 20.7. The molecule has 0 fully saturated rings. The van der Waals surface area contributed by atoms with Crippen molar-refractivity contribution in [2.45, 2.75) is 18.8 Å². The second kappa shape index (κ2) is 7.24. The lowest BCUT2D eigenvalue weighted by Crippen LogP contribution is -2.23. The number of aromatic nitrogens is 4. The molecule has 11 heteroatoms. The van der Waals surface area contributed by atoms with E-state index in [1.165, 1.54) is 12.1 Å². The van der Waals surface area contributed by atoms with E-state index in [4.69, 9.17) is 5.73 Å². The van der Waals surface area contributed by atoms with Gasteiger partial charge in [0.2, 0.25) is 0 Å². The third kappa shape index (κ3) is 3.44. The van der Waals surface area contributed by atoms with Crippen LogP contribution in [0.4, 0.5) is 16.0 Å². The summed E-state index contributed by atoms with van der Waals surface area (Å²) in [7, 11) is 0. The monoisotopic (exact) mass is 462 g/mol. The van der Waals surface area contributed by atoms with Crippen molar-refractivity contribution in [2.75, 3.05) is 11.1 Å². The lowest BCUT2D eigenvalue weighted by molar-refractivity contribution is -0.115. The number of nitrogens with two attached hydrogens (primary N) is 1. The number of rotatable bonds is 1. The van der Waals surface area contributed by atoms with Gasteiger partial charge in [0.15, 0.2) is 5.78 Å². The van der Waals surface area contributed by atoms with Gasteiger partial charge in [0.25, 0.3) is 11.1 Å². The van der Waals surface area contributed by atoms with E-state index in [1.807, 2.05) is 0 Å². The molecule has 7 N–H and O–H groups in total. The highest BCUT2D eigenvalue weighted by Crippen LogP contribution is 2.44. The maximum absolute atomic E-state index is 13.5. The summed E-state index contributed by atoms with van der Waals surface area (Å²) in [5.74, 6) is 0.106. The Morgan fingerprint density at radius 2 is 1.83 bits per heavy atom. The summed E-state index contributed by atoms with van der Waals surface area (Å²) in [6, 6.07) is 5.85. The molecular weight excluding hydrogens is 447 g/mol. The molecule has 0 spiro atoms. The van der Waals surface area contributed by atoms with Crippen LogP contribution in [-0.2, 0) is 4.79 Å². The molecule has 2 aliphatic rings. The van der Waals surface area contributed by atoms with Crippen LogP contribution >= 0.6 is 15.9 Å². The number of hydrogen-bond acceptors (Lipinski definition) is 5. The number of aromatic amines is 4. The first kappa shape index (κ1) is 19.0. The third-order valence-electron chi connectivity index (χ3n) is 4.79. The average molecular weight is 463 g/mol. The van der Waals surface area contributed by atoms with E-state index in [9.17, 15) is 18.8 Å². The molecule has 1 aliphatic carbocycles. The molecule has 3 heterocycles. The van der Waals surface area contributed by atoms with Crippen molar-refractivity contribution in [3.63, 3.8) is 0 Å². The van der Waals surface area contributed by atoms with Gasteiger partial charge in [-0.1, -0.05) is 6.07 Å². The topological polar surface area (TPSA) is 152 Å². The summed E-state index contributed by atoms with van der Waals surface area (Å²) in [6.07, 6.45) is 1.05. The lowest BCUT2D eigenvalue weighted by Gasteiger charge is -2.25. The van der Waals surface area contributed by atoms with Crippen molar-refractivity contribution in [2.24, 2.45) is 0 Å². The summed E-state index contributed by atoms with van der Waals surface area (Å²) in [5.41, 5.74) is 7.23. The number of anilines is 2. The molecule has 9 nitrogen and oxygen atoms in total. The average Bonchev–Trinajstić information content (AvgIpc) is 3.36. The van der Waals surface area contributed by atoms with Crippen LogP contribution in [0.3, 0.4) is 0 Å². The highest BCUT2D eigenvalue weighted by Gasteiger charge is 2.39. The van der Waals surface area contributed by atoms with E-state index in [0.717, 1.165) is 5.70 Å². The molecule has 0 radical (unpaired) electrons. The summed E-state index contributed by atoms with van der Waals surface area (Å²) in [6.45, 7) is 0. The maximum Gasteiger partial charge on any atom is 0.270 e. The second-order valence-electron chi connectivity index (χ2n) is 6.63. The van der Waals surface area contributed by atoms with Crippen molar-refractivity contribution in [1.29, 1.82) is 0 Å². The number of fused-ring (bicyclic) bond motifs is 1. The molecule has 1 atom stereocenters. The van der Waals surface area contributed by atoms with E-state index >= 15 is 0 Å². The summed E-state index contributed by atoms with van der Waals surface area (Å²) >= 11 is 3.16. The van der Waals surface area contributed by atoms with Crippen LogP contribution in [0.5, 0.6) is 0 Å². The molecule has 1 aliphatic heterocycles. The molecule has 0 bridgehead atoms. The predicted molar refractivity (Wildman–Crippen MR) is 108 cm³/mol. The standard InChI is InChI=1S/C15H11BrFN3O2.C3H5N3O/c16-7-5-6(1-2-8(7)17)11-12-9(3-4-10(12)21)18-14-13(11)15(22)20-19-14;4-2-1-3(7)6-5-2/h1-2,5,11H,3-4H2,(H3,18,19,20,22);1H,(H4,4,5,6,7). The Bertz CT molecular complexity index is 1250. The van der Waals surface area contributed by atoms with Crippen LogP contribution in [-0.4, -0.2) is 26.2 Å². The highest BCUT2D eigenvalue weighted by molar-refractivity contribution is 9.10. The van der Waals surface area contributed by atoms with Crippen LogP contribution in [0, 0.1) is 5.82 Å². The first-order chi connectivity index (χ1) is 13.8. The van der Waals surface area contributed by atoms with E-state index < -0.39 is 5.92 Å². The molecule has 0 saturated heterocycles. The molecular formula is C18H16BrFN6O3. The number of carbonyl (C=O) groups is 1. The first-order valence-electron chi connectivity index (χ1n) is 8.67. The van der Waals surface area contributed by atoms with Gasteiger partial charge >= 0.3 is 0 Å². The van der Waals surface area contributed by atoms with Gasteiger partial charge in [-0.15, -0.1) is 0 Å². The molecule has 29 heavy (non-hydrogen) atoms. The number of benzene rings is 1. The van der Waals surface area contributed by atoms with Crippen molar-refractivity contribution >= 4 is 33.3 Å². The molecule has 1 unspecified atom stereocenters. The van der Waals surface area contributed by atoms with Gasteiger partial charge < -0.3 is 11.1 Å². The van der Waals surface area contributed by atoms with Crippen molar-refractivity contribution in [3.8, 4) is 0 Å². The van der Waals surface area contributed by atoms with Crippen molar-refractivity contribution in [3.05, 3.63) is 77.7 Å². The number of ketones is 1. The fourth-order valence-electron chi connectivity index (χ4n) is 3.55. The Balaban J connectivity index is 0.000000249. The lowest BCUT2D eigenvalue weighted by atomic mass is 9.82. The zero-order valence-corrected chi connectivity index (χ0v) is 16.4. The van der Waals surface area contributed by atoms with Crippen LogP contribution in [0.25, 0.3) is 0 Å². The van der Waals surface area contributed by atoms with Crippen LogP contribution in [0.2, 0.25) is 0 Å². The summed E-state index contributed by atoms with van der Waals surface area (Å²) in [5, 5.41) is 13.1. The molecule has 3 aromatic rings. The Morgan fingerprint density at radius 1 is 1.03 bits per heavy atom. The van der Waals surface area contributed by atoms with E-state index in [1.54, 1.807) is 12.1 Å². The zero-order valence-electron chi connectivity index (χ0n) is 14.9. The number of hydrogen-bond donors (Lipinski definition) is 6. The number of Topliss-reactive ketones (excluding diaryl/α,β-unsaturated/α-hetero) is 1. The van der Waals surface area contributed by atoms with Crippen molar-refractivity contribution < 1.29 is 9.18 Å². The fraction of sp³-hybridized carbons (Fsp3) is 0.167. The molecule has 1 aromatic carbocycles. The fourth-order valence-corrected chi connectivity index (χ4v) is 3.95. The van der Waals surface area contributed by atoms with Gasteiger partial charge in [-0.2, -0.15) is 0 Å². The van der Waals surface area contributed by atoms with Crippen LogP contribution < -0.4 is 22.2 Å². The van der Waals surface area contributed by atoms with Crippen LogP contribution in [0.1, 0.15) is 29.9 Å². The minimum absolute atomic E-state index is 0.0270. The first-order valence-corrected chi connectivity index (χ1v) is 9.46. The van der Waals surface area contributed by atoms with Crippen molar-refractivity contribution in [1.82, 2.24) is 20.4 Å². The number of halogens is 2. The van der Waals surface area contributed by atoms with Gasteiger partial charge in [0.05, 0.1) is 10.0 Å². The van der Waals surface area contributed by atoms with Gasteiger partial charge in [0.1, 0.15) is 17.5 Å². The van der Waals surface area contributed by atoms with E-state index in [-0.39, 0.29) is 22.7 Å². The number of allylic oxidation sites excluding steroid dienone is 2. The molecule has 2 aromatic heterocycles. The van der Waals surface area contributed by atoms with Crippen LogP contribution in [0.15, 0.2) is 49.6 Å². The SMILES string of the molecule is Nc1cc(=O)[nH][nH]1.O=C1CCC2=C1C(c1ccc(F)c(Br)c1)c1c([nH][nH]c1=O)N2. The minimum Gasteiger partial charge on any atom is -0.384 e. The Morgan fingerprint density at radius 3 is 2.45 bits per heavy atom. The predicted octanol–water partition coefficient (Wildman–Crippen LogP) is 2.06. The molecule has 0 saturated carbocycles. The van der Waals surface area contributed by atoms with E-state index in [2.05, 4.69) is 41.6 Å². The highest BCUT2D eigenvalue weighted by atomic mass is 79.9. The van der Waals surface area contributed by atoms with Gasteiger partial charge in [-0.05, 0) is 40.0 Å². The Labute approximate surface area is 170 Å². The molecule has 5 rings (SSSR count). The smallest absolute Gasteiger partial charge is 0.270 e. The summed E-state index contributed by atoms with van der Waals surface area (Å²) < 4.78 is 13.8. The minimum atomic E-state index is -0.479. The maximum atomic E-state index is 13.5. The number of nitrogens with one attached hydrogen (secondary N) is 5. The quantitative estimate of drug-likeness (QED) is 0.326. The normalized spacial score (nSPS) is 17.3. The number of H-pyrrole nitrogens is 4. The Kier molecular flexibility index (Phi) is 4.74. The van der Waals surface area contributed by atoms with Gasteiger partial charge in [-0.3, -0.25) is 34.8 Å². The molecule has 150 valence electrons. The number of carbonyl (C=O) groups excluding carboxylic acids is 1. The third-order valence-corrected chi connectivity index (χ3v) is 5.40. The number of nitrogen functional groups attached to an aromatic ring is 1. The Hall–Kier alpha value is -3.34.